The topological polar surface area (TPSA) is 69.6 Å². The molecular weight excluding hydrogens is 364 g/mol. The standard InChI is InChI=1S/C21H30N2O3.ClH/c1-13(2)17-9-5-7-14(3)18(17)22-19(24)15(4)23-11-16-8-6-10-21(16,12-23)20(25)26;/h5,7,9,13,15-16H,6,8,10-12H2,1-4H3,(H,22,24)(H,25,26);1H/t15?,16-,21+;/m0./s1. The summed E-state index contributed by atoms with van der Waals surface area (Å²) in [6, 6.07) is 5.74. The first-order chi connectivity index (χ1) is 12.3. The molecule has 5 nitrogen and oxygen atoms in total. The summed E-state index contributed by atoms with van der Waals surface area (Å²) in [5.74, 6) is -0.264. The Morgan fingerprint density at radius 2 is 2.00 bits per heavy atom. The van der Waals surface area contributed by atoms with Crippen LogP contribution in [0.25, 0.3) is 0 Å². The van der Waals surface area contributed by atoms with Gasteiger partial charge in [0.25, 0.3) is 0 Å². The summed E-state index contributed by atoms with van der Waals surface area (Å²) >= 11 is 0. The van der Waals surface area contributed by atoms with E-state index in [9.17, 15) is 14.7 Å². The quantitative estimate of drug-likeness (QED) is 0.790. The van der Waals surface area contributed by atoms with E-state index >= 15 is 0 Å². The Morgan fingerprint density at radius 1 is 1.30 bits per heavy atom. The first kappa shape index (κ1) is 21.7. The zero-order chi connectivity index (χ0) is 19.1. The predicted octanol–water partition coefficient (Wildman–Crippen LogP) is 4.05. The molecule has 1 aromatic carbocycles. The summed E-state index contributed by atoms with van der Waals surface area (Å²) in [6.07, 6.45) is 2.66. The molecule has 0 radical (unpaired) electrons. The van der Waals surface area contributed by atoms with Gasteiger partial charge in [-0.05, 0) is 49.7 Å². The molecule has 27 heavy (non-hydrogen) atoms. The first-order valence-corrected chi connectivity index (χ1v) is 9.64. The highest BCUT2D eigenvalue weighted by molar-refractivity contribution is 5.96. The van der Waals surface area contributed by atoms with E-state index in [0.717, 1.165) is 36.1 Å². The summed E-state index contributed by atoms with van der Waals surface area (Å²) in [6.45, 7) is 9.31. The molecule has 150 valence electrons. The lowest BCUT2D eigenvalue weighted by Gasteiger charge is -2.27. The van der Waals surface area contributed by atoms with Gasteiger partial charge in [0.2, 0.25) is 5.91 Å². The Bertz CT molecular complexity index is 721. The van der Waals surface area contributed by atoms with Gasteiger partial charge >= 0.3 is 5.97 Å². The molecule has 1 amide bonds. The van der Waals surface area contributed by atoms with E-state index < -0.39 is 11.4 Å². The summed E-state index contributed by atoms with van der Waals surface area (Å²) in [7, 11) is 0. The van der Waals surface area contributed by atoms with Crippen LogP contribution in [-0.4, -0.2) is 41.0 Å². The number of rotatable bonds is 5. The summed E-state index contributed by atoms with van der Waals surface area (Å²) in [5.41, 5.74) is 2.43. The Labute approximate surface area is 167 Å². The molecule has 0 bridgehead atoms. The molecule has 1 heterocycles. The van der Waals surface area contributed by atoms with Gasteiger partial charge < -0.3 is 10.4 Å². The van der Waals surface area contributed by atoms with Crippen LogP contribution in [0, 0.1) is 18.3 Å². The van der Waals surface area contributed by atoms with Gasteiger partial charge in [-0.1, -0.05) is 38.5 Å². The van der Waals surface area contributed by atoms with Crippen LogP contribution >= 0.6 is 12.4 Å². The minimum Gasteiger partial charge on any atom is -0.481 e. The lowest BCUT2D eigenvalue weighted by Crippen LogP contribution is -2.43. The van der Waals surface area contributed by atoms with Crippen LogP contribution in [0.4, 0.5) is 5.69 Å². The normalized spacial score (nSPS) is 25.7. The van der Waals surface area contributed by atoms with Crippen LogP contribution in [0.1, 0.15) is 57.1 Å². The maximum Gasteiger partial charge on any atom is 0.311 e. The van der Waals surface area contributed by atoms with Crippen molar-refractivity contribution < 1.29 is 14.7 Å². The molecule has 1 unspecified atom stereocenters. The highest BCUT2D eigenvalue weighted by atomic mass is 35.5. The van der Waals surface area contributed by atoms with Crippen molar-refractivity contribution in [2.45, 2.75) is 58.9 Å². The Balaban J connectivity index is 0.00000261. The number of anilines is 1. The largest absolute Gasteiger partial charge is 0.481 e. The van der Waals surface area contributed by atoms with Crippen LogP contribution in [-0.2, 0) is 9.59 Å². The summed E-state index contributed by atoms with van der Waals surface area (Å²) in [5, 5.41) is 12.9. The second-order valence-electron chi connectivity index (χ2n) is 8.34. The van der Waals surface area contributed by atoms with Gasteiger partial charge in [-0.15, -0.1) is 12.4 Å². The van der Waals surface area contributed by atoms with Crippen molar-refractivity contribution in [1.82, 2.24) is 4.90 Å². The van der Waals surface area contributed by atoms with E-state index in [4.69, 9.17) is 0 Å². The van der Waals surface area contributed by atoms with Crippen molar-refractivity contribution in [2.75, 3.05) is 18.4 Å². The van der Waals surface area contributed by atoms with Crippen molar-refractivity contribution >= 4 is 30.0 Å². The lowest BCUT2D eigenvalue weighted by atomic mass is 9.81. The fourth-order valence-electron chi connectivity index (χ4n) is 4.71. The second kappa shape index (κ2) is 8.19. The van der Waals surface area contributed by atoms with Crippen LogP contribution < -0.4 is 5.32 Å². The molecule has 0 spiro atoms. The van der Waals surface area contributed by atoms with Crippen LogP contribution in [0.15, 0.2) is 18.2 Å². The highest BCUT2D eigenvalue weighted by Gasteiger charge is 2.55. The van der Waals surface area contributed by atoms with Gasteiger partial charge in [-0.3, -0.25) is 14.5 Å². The molecule has 1 saturated heterocycles. The average molecular weight is 395 g/mol. The second-order valence-corrected chi connectivity index (χ2v) is 8.34. The SMILES string of the molecule is Cc1cccc(C(C)C)c1NC(=O)C(C)N1C[C@@H]2CCC[C@@]2(C(=O)O)C1.Cl. The van der Waals surface area contributed by atoms with Gasteiger partial charge in [0, 0.05) is 18.8 Å². The van der Waals surface area contributed by atoms with Gasteiger partial charge in [0.15, 0.2) is 0 Å². The number of carbonyl (C=O) groups excluding carboxylic acids is 1. The Morgan fingerprint density at radius 3 is 2.59 bits per heavy atom. The third kappa shape index (κ3) is 3.85. The molecule has 2 aliphatic rings. The minimum atomic E-state index is -0.698. The molecule has 1 aromatic rings. The number of carboxylic acids is 1. The van der Waals surface area contributed by atoms with E-state index in [1.807, 2.05) is 26.0 Å². The van der Waals surface area contributed by atoms with Crippen molar-refractivity contribution in [3.05, 3.63) is 29.3 Å². The monoisotopic (exact) mass is 394 g/mol. The summed E-state index contributed by atoms with van der Waals surface area (Å²) in [4.78, 5) is 26.8. The number of aryl methyl sites for hydroxylation is 1. The molecule has 2 fully saturated rings. The lowest BCUT2D eigenvalue weighted by molar-refractivity contribution is -0.149. The number of carbonyl (C=O) groups is 2. The molecule has 6 heteroatoms. The fraction of sp³-hybridized carbons (Fsp3) is 0.619. The number of nitrogens with one attached hydrogen (secondary N) is 1. The fourth-order valence-corrected chi connectivity index (χ4v) is 4.71. The number of aliphatic carboxylic acids is 1. The van der Waals surface area contributed by atoms with Crippen LogP contribution in [0.2, 0.25) is 0 Å². The van der Waals surface area contributed by atoms with E-state index in [0.29, 0.717) is 19.0 Å². The van der Waals surface area contributed by atoms with Gasteiger partial charge in [-0.25, -0.2) is 0 Å². The van der Waals surface area contributed by atoms with E-state index in [2.05, 4.69) is 30.1 Å². The number of likely N-dealkylation sites (tertiary alicyclic amines) is 1. The number of hydrogen-bond donors (Lipinski definition) is 2. The molecular formula is C21H31ClN2O3. The first-order valence-electron chi connectivity index (χ1n) is 9.64. The van der Waals surface area contributed by atoms with Gasteiger partial charge in [0.05, 0.1) is 11.5 Å². The van der Waals surface area contributed by atoms with Gasteiger partial charge in [0.1, 0.15) is 0 Å². The van der Waals surface area contributed by atoms with E-state index in [1.165, 1.54) is 0 Å². The van der Waals surface area contributed by atoms with Crippen LogP contribution in [0.5, 0.6) is 0 Å². The average Bonchev–Trinajstić information content (AvgIpc) is 3.13. The number of amides is 1. The molecule has 0 aromatic heterocycles. The Hall–Kier alpha value is -1.59. The maximum atomic E-state index is 12.9. The molecule has 1 aliphatic carbocycles. The van der Waals surface area contributed by atoms with Crippen molar-refractivity contribution in [1.29, 1.82) is 0 Å². The number of benzene rings is 1. The third-order valence-corrected chi connectivity index (χ3v) is 6.43. The zero-order valence-corrected chi connectivity index (χ0v) is 17.4. The number of hydrogen-bond acceptors (Lipinski definition) is 3. The van der Waals surface area contributed by atoms with Crippen molar-refractivity contribution in [2.24, 2.45) is 11.3 Å². The van der Waals surface area contributed by atoms with Crippen LogP contribution in [0.3, 0.4) is 0 Å². The smallest absolute Gasteiger partial charge is 0.311 e. The number of nitrogens with zero attached hydrogens (tertiary/aromatic N) is 1. The molecule has 3 rings (SSSR count). The number of carboxylic acid groups (broad SMARTS) is 1. The van der Waals surface area contributed by atoms with E-state index in [-0.39, 0.29) is 30.3 Å². The van der Waals surface area contributed by atoms with Crippen molar-refractivity contribution in [3.8, 4) is 0 Å². The number of halogens is 1. The molecule has 3 atom stereocenters. The summed E-state index contributed by atoms with van der Waals surface area (Å²) < 4.78 is 0. The predicted molar refractivity (Wildman–Crippen MR) is 110 cm³/mol. The van der Waals surface area contributed by atoms with Crippen molar-refractivity contribution in [3.63, 3.8) is 0 Å². The highest BCUT2D eigenvalue weighted by Crippen LogP contribution is 2.49. The molecule has 1 aliphatic heterocycles. The third-order valence-electron chi connectivity index (χ3n) is 6.43. The Kier molecular flexibility index (Phi) is 6.59. The number of fused-ring (bicyclic) bond motifs is 1. The minimum absolute atomic E-state index is 0. The van der Waals surface area contributed by atoms with E-state index in [1.54, 1.807) is 0 Å². The number of para-hydroxylation sites is 1. The van der Waals surface area contributed by atoms with Gasteiger partial charge in [-0.2, -0.15) is 0 Å². The zero-order valence-electron chi connectivity index (χ0n) is 16.6. The molecule has 2 N–H and O–H groups in total. The maximum absolute atomic E-state index is 12.9. The molecule has 1 saturated carbocycles.